The molecule has 1 aliphatic carbocycles. The van der Waals surface area contributed by atoms with Crippen LogP contribution >= 0.6 is 0 Å². The average Bonchev–Trinajstić information content (AvgIpc) is 2.92. The lowest BCUT2D eigenvalue weighted by Gasteiger charge is -2.33. The van der Waals surface area contributed by atoms with Crippen molar-refractivity contribution in [2.75, 3.05) is 13.2 Å². The number of ether oxygens (including phenoxy) is 1. The van der Waals surface area contributed by atoms with Crippen LogP contribution < -0.4 is 10.1 Å². The van der Waals surface area contributed by atoms with Gasteiger partial charge in [-0.05, 0) is 42.5 Å². The Morgan fingerprint density at radius 1 is 1.11 bits per heavy atom. The number of fused-ring (bicyclic) bond motifs is 2. The standard InChI is InChI=1S/C21H22N2O4/c24-16(14-27-17-9-2-1-3-10-17)13-23-19(25)21(22-20(23)26)12-6-8-15-7-4-5-11-18(15)21/h1-5,7,9-11,16,24H,6,8,12-14H2,(H,22,26)/t16-,21+/m1/s1. The van der Waals surface area contributed by atoms with Crippen LogP contribution in [0.15, 0.2) is 54.6 Å². The van der Waals surface area contributed by atoms with Crippen LogP contribution in [0.1, 0.15) is 24.0 Å². The first kappa shape index (κ1) is 17.5. The number of hydrogen-bond donors (Lipinski definition) is 2. The van der Waals surface area contributed by atoms with Crippen molar-refractivity contribution >= 4 is 11.9 Å². The van der Waals surface area contributed by atoms with Crippen molar-refractivity contribution in [2.24, 2.45) is 0 Å². The Balaban J connectivity index is 1.48. The highest BCUT2D eigenvalue weighted by molar-refractivity contribution is 6.07. The van der Waals surface area contributed by atoms with Crippen LogP contribution in [0.5, 0.6) is 5.75 Å². The molecule has 6 heteroatoms. The minimum absolute atomic E-state index is 0.00462. The maximum Gasteiger partial charge on any atom is 0.325 e. The van der Waals surface area contributed by atoms with Crippen molar-refractivity contribution in [1.29, 1.82) is 0 Å². The van der Waals surface area contributed by atoms with Crippen LogP contribution in [0, 0.1) is 0 Å². The van der Waals surface area contributed by atoms with Gasteiger partial charge >= 0.3 is 6.03 Å². The lowest BCUT2D eigenvalue weighted by atomic mass is 9.76. The van der Waals surface area contributed by atoms with E-state index in [-0.39, 0.29) is 19.1 Å². The van der Waals surface area contributed by atoms with E-state index in [1.165, 1.54) is 0 Å². The molecule has 0 radical (unpaired) electrons. The maximum atomic E-state index is 13.2. The number of carbonyl (C=O) groups excluding carboxylic acids is 2. The van der Waals surface area contributed by atoms with Gasteiger partial charge in [0, 0.05) is 0 Å². The summed E-state index contributed by atoms with van der Waals surface area (Å²) in [4.78, 5) is 26.8. The molecule has 1 saturated heterocycles. The largest absolute Gasteiger partial charge is 0.491 e. The van der Waals surface area contributed by atoms with Crippen molar-refractivity contribution in [2.45, 2.75) is 30.9 Å². The van der Waals surface area contributed by atoms with Crippen LogP contribution in [0.3, 0.4) is 0 Å². The molecule has 1 aliphatic heterocycles. The summed E-state index contributed by atoms with van der Waals surface area (Å²) in [6, 6.07) is 16.4. The Hall–Kier alpha value is -2.86. The van der Waals surface area contributed by atoms with E-state index in [1.54, 1.807) is 12.1 Å². The first-order chi connectivity index (χ1) is 13.1. The summed E-state index contributed by atoms with van der Waals surface area (Å²) in [5, 5.41) is 13.2. The number of aliphatic hydroxyl groups excluding tert-OH is 1. The molecule has 1 fully saturated rings. The summed E-state index contributed by atoms with van der Waals surface area (Å²) in [6.45, 7) is -0.0912. The molecule has 0 aromatic heterocycles. The van der Waals surface area contributed by atoms with Crippen LogP contribution in [0.25, 0.3) is 0 Å². The molecule has 2 atom stereocenters. The third-order valence-electron chi connectivity index (χ3n) is 5.23. The molecule has 2 aromatic carbocycles. The molecule has 2 N–H and O–H groups in total. The predicted molar refractivity (Wildman–Crippen MR) is 99.2 cm³/mol. The summed E-state index contributed by atoms with van der Waals surface area (Å²) in [6.07, 6.45) is 1.33. The summed E-state index contributed by atoms with van der Waals surface area (Å²) >= 11 is 0. The van der Waals surface area contributed by atoms with Gasteiger partial charge in [0.05, 0.1) is 6.54 Å². The Labute approximate surface area is 157 Å². The van der Waals surface area contributed by atoms with E-state index in [0.717, 1.165) is 28.9 Å². The Morgan fingerprint density at radius 2 is 1.85 bits per heavy atom. The molecule has 0 bridgehead atoms. The minimum atomic E-state index is -1.01. The molecule has 140 valence electrons. The van der Waals surface area contributed by atoms with E-state index in [9.17, 15) is 14.7 Å². The van der Waals surface area contributed by atoms with Gasteiger partial charge in [-0.15, -0.1) is 0 Å². The van der Waals surface area contributed by atoms with Gasteiger partial charge in [-0.25, -0.2) is 4.79 Å². The first-order valence-electron chi connectivity index (χ1n) is 9.18. The van der Waals surface area contributed by atoms with Crippen LogP contribution in [-0.2, 0) is 16.8 Å². The minimum Gasteiger partial charge on any atom is -0.491 e. The molecule has 3 amide bonds. The number of rotatable bonds is 5. The first-order valence-corrected chi connectivity index (χ1v) is 9.18. The van der Waals surface area contributed by atoms with Crippen molar-refractivity contribution in [3.05, 3.63) is 65.7 Å². The van der Waals surface area contributed by atoms with E-state index in [2.05, 4.69) is 5.32 Å². The molecule has 4 rings (SSSR count). The number of aliphatic hydroxyl groups is 1. The van der Waals surface area contributed by atoms with Crippen molar-refractivity contribution in [3.63, 3.8) is 0 Å². The summed E-state index contributed by atoms with van der Waals surface area (Å²) in [5.74, 6) is 0.338. The van der Waals surface area contributed by atoms with Crippen molar-refractivity contribution in [3.8, 4) is 5.75 Å². The fourth-order valence-corrected chi connectivity index (χ4v) is 3.95. The van der Waals surface area contributed by atoms with E-state index in [4.69, 9.17) is 4.74 Å². The molecule has 0 saturated carbocycles. The second-order valence-electron chi connectivity index (χ2n) is 7.04. The van der Waals surface area contributed by atoms with Gasteiger partial charge < -0.3 is 15.2 Å². The van der Waals surface area contributed by atoms with Gasteiger partial charge in [0.15, 0.2) is 0 Å². The second kappa shape index (κ2) is 7.04. The normalized spacial score (nSPS) is 22.5. The second-order valence-corrected chi connectivity index (χ2v) is 7.04. The number of para-hydroxylation sites is 1. The predicted octanol–water partition coefficient (Wildman–Crippen LogP) is 2.21. The number of imide groups is 1. The summed E-state index contributed by atoms with van der Waals surface area (Å²) in [7, 11) is 0. The molecule has 27 heavy (non-hydrogen) atoms. The zero-order valence-electron chi connectivity index (χ0n) is 14.9. The van der Waals surface area contributed by atoms with Crippen molar-refractivity contribution < 1.29 is 19.4 Å². The quantitative estimate of drug-likeness (QED) is 0.796. The Kier molecular flexibility index (Phi) is 4.58. The third-order valence-corrected chi connectivity index (χ3v) is 5.23. The van der Waals surface area contributed by atoms with E-state index >= 15 is 0 Å². The number of urea groups is 1. The number of hydrogen-bond acceptors (Lipinski definition) is 4. The summed E-state index contributed by atoms with van der Waals surface area (Å²) < 4.78 is 5.52. The fraction of sp³-hybridized carbons (Fsp3) is 0.333. The molecule has 1 heterocycles. The number of nitrogens with zero attached hydrogens (tertiary/aromatic N) is 1. The van der Waals surface area contributed by atoms with Crippen molar-refractivity contribution in [1.82, 2.24) is 10.2 Å². The number of carbonyl (C=O) groups is 2. The van der Waals surface area contributed by atoms with Gasteiger partial charge in [-0.2, -0.15) is 0 Å². The molecule has 2 aromatic rings. The van der Waals surface area contributed by atoms with Gasteiger partial charge in [0.1, 0.15) is 24.0 Å². The van der Waals surface area contributed by atoms with Crippen LogP contribution in [-0.4, -0.2) is 41.2 Å². The highest BCUT2D eigenvalue weighted by Gasteiger charge is 2.54. The zero-order chi connectivity index (χ0) is 18.9. The average molecular weight is 366 g/mol. The summed E-state index contributed by atoms with van der Waals surface area (Å²) in [5.41, 5.74) is 0.950. The number of nitrogens with one attached hydrogen (secondary N) is 1. The van der Waals surface area contributed by atoms with E-state index in [1.807, 2.05) is 42.5 Å². The Bertz CT molecular complexity index is 854. The SMILES string of the molecule is O=C1N[C@]2(CCCc3ccccc32)C(=O)N1C[C@@H](O)COc1ccccc1. The number of aryl methyl sites for hydroxylation is 1. The lowest BCUT2D eigenvalue weighted by molar-refractivity contribution is -0.133. The van der Waals surface area contributed by atoms with Crippen LogP contribution in [0.2, 0.25) is 0 Å². The smallest absolute Gasteiger partial charge is 0.325 e. The fourth-order valence-electron chi connectivity index (χ4n) is 3.95. The van der Waals surface area contributed by atoms with Gasteiger partial charge in [-0.3, -0.25) is 9.69 Å². The van der Waals surface area contributed by atoms with Crippen LogP contribution in [0.4, 0.5) is 4.79 Å². The molecule has 6 nitrogen and oxygen atoms in total. The lowest BCUT2D eigenvalue weighted by Crippen LogP contribution is -2.47. The van der Waals surface area contributed by atoms with Gasteiger partial charge in [-0.1, -0.05) is 42.5 Å². The molecular formula is C21H22N2O4. The number of benzene rings is 2. The highest BCUT2D eigenvalue weighted by Crippen LogP contribution is 2.39. The van der Waals surface area contributed by atoms with E-state index in [0.29, 0.717) is 12.2 Å². The molecule has 2 aliphatic rings. The maximum absolute atomic E-state index is 13.2. The molecular weight excluding hydrogens is 344 g/mol. The van der Waals surface area contributed by atoms with E-state index < -0.39 is 17.7 Å². The third kappa shape index (κ3) is 3.17. The number of amides is 3. The van der Waals surface area contributed by atoms with Gasteiger partial charge in [0.2, 0.25) is 0 Å². The zero-order valence-corrected chi connectivity index (χ0v) is 14.9. The van der Waals surface area contributed by atoms with Gasteiger partial charge in [0.25, 0.3) is 5.91 Å². The monoisotopic (exact) mass is 366 g/mol. The highest BCUT2D eigenvalue weighted by atomic mass is 16.5. The molecule has 1 spiro atoms. The topological polar surface area (TPSA) is 78.9 Å². The Morgan fingerprint density at radius 3 is 2.67 bits per heavy atom. The number of β-amino-alcohol motifs (C(OH)–C–C–N with tert-alkyl or cyclic N) is 1. The molecule has 0 unspecified atom stereocenters.